The van der Waals surface area contributed by atoms with Gasteiger partial charge in [-0.25, -0.2) is 0 Å². The van der Waals surface area contributed by atoms with E-state index in [1.165, 1.54) is 0 Å². The maximum Gasteiger partial charge on any atom is 0.226 e. The van der Waals surface area contributed by atoms with Gasteiger partial charge in [0.2, 0.25) is 11.7 Å². The number of hydrogen-bond donors (Lipinski definition) is 0. The Balaban J connectivity index is 2.21. The molecule has 0 atom stereocenters. The van der Waals surface area contributed by atoms with E-state index < -0.39 is 0 Å². The third-order valence-electron chi connectivity index (χ3n) is 1.99. The molecule has 2 heterocycles. The van der Waals surface area contributed by atoms with Crippen LogP contribution in [0.5, 0.6) is 0 Å². The summed E-state index contributed by atoms with van der Waals surface area (Å²) in [4.78, 5) is 4.18. The average Bonchev–Trinajstić information content (AvgIpc) is 2.85. The van der Waals surface area contributed by atoms with Crippen molar-refractivity contribution in [3.63, 3.8) is 0 Å². The molecule has 0 unspecified atom stereocenters. The maximum atomic E-state index is 5.00. The molecule has 0 aromatic carbocycles. The van der Waals surface area contributed by atoms with Crippen LogP contribution in [0.15, 0.2) is 10.7 Å². The highest BCUT2D eigenvalue weighted by atomic mass is 16.5. The lowest BCUT2D eigenvalue weighted by molar-refractivity contribution is 0.382. The van der Waals surface area contributed by atoms with Crippen molar-refractivity contribution < 1.29 is 4.52 Å². The maximum absolute atomic E-state index is 5.00. The first-order chi connectivity index (χ1) is 7.33. The smallest absolute Gasteiger partial charge is 0.226 e. The topological polar surface area (TPSA) is 69.6 Å². The zero-order valence-electron chi connectivity index (χ0n) is 8.84. The van der Waals surface area contributed by atoms with Crippen LogP contribution in [0.2, 0.25) is 0 Å². The molecular formula is C9H13N5O. The second kappa shape index (κ2) is 4.20. The van der Waals surface area contributed by atoms with Gasteiger partial charge in [-0.05, 0) is 6.42 Å². The monoisotopic (exact) mass is 207 g/mol. The van der Waals surface area contributed by atoms with Gasteiger partial charge in [0, 0.05) is 13.0 Å². The van der Waals surface area contributed by atoms with Crippen molar-refractivity contribution >= 4 is 0 Å². The third kappa shape index (κ3) is 2.03. The molecule has 0 fully saturated rings. The van der Waals surface area contributed by atoms with Gasteiger partial charge >= 0.3 is 0 Å². The van der Waals surface area contributed by atoms with Crippen molar-refractivity contribution in [1.82, 2.24) is 25.1 Å². The van der Waals surface area contributed by atoms with Crippen LogP contribution in [-0.4, -0.2) is 25.1 Å². The summed E-state index contributed by atoms with van der Waals surface area (Å²) in [7, 11) is 0. The zero-order valence-corrected chi connectivity index (χ0v) is 8.84. The molecule has 2 aromatic rings. The molecule has 0 aliphatic rings. The first-order valence-electron chi connectivity index (χ1n) is 5.06. The van der Waals surface area contributed by atoms with Gasteiger partial charge in [-0.15, -0.1) is 5.10 Å². The predicted molar refractivity (Wildman–Crippen MR) is 53.0 cm³/mol. The number of nitrogens with zero attached hydrogens (tertiary/aromatic N) is 5. The third-order valence-corrected chi connectivity index (χ3v) is 1.99. The molecule has 0 spiro atoms. The number of aromatic nitrogens is 5. The van der Waals surface area contributed by atoms with E-state index in [2.05, 4.69) is 27.4 Å². The largest absolute Gasteiger partial charge is 0.339 e. The van der Waals surface area contributed by atoms with Crippen molar-refractivity contribution in [2.45, 2.75) is 33.2 Å². The molecule has 15 heavy (non-hydrogen) atoms. The minimum absolute atomic E-state index is 0.509. The van der Waals surface area contributed by atoms with Crippen LogP contribution >= 0.6 is 0 Å². The summed E-state index contributed by atoms with van der Waals surface area (Å²) in [5, 5.41) is 11.8. The van der Waals surface area contributed by atoms with Crippen LogP contribution in [0.3, 0.4) is 0 Å². The Labute approximate surface area is 87.3 Å². The highest BCUT2D eigenvalue weighted by Crippen LogP contribution is 2.11. The molecule has 0 aliphatic heterocycles. The molecule has 0 radical (unpaired) electrons. The van der Waals surface area contributed by atoms with Crippen LogP contribution in [0.1, 0.15) is 26.2 Å². The van der Waals surface area contributed by atoms with Gasteiger partial charge < -0.3 is 4.52 Å². The lowest BCUT2D eigenvalue weighted by Gasteiger charge is -1.91. The standard InChI is InChI=1S/C9H13N5O/c1-3-5-14-6-7(11-13-14)9-10-8(4-2)15-12-9/h6H,3-5H2,1-2H3. The van der Waals surface area contributed by atoms with Crippen LogP contribution < -0.4 is 0 Å². The summed E-state index contributed by atoms with van der Waals surface area (Å²) in [5.74, 6) is 1.13. The van der Waals surface area contributed by atoms with E-state index in [1.54, 1.807) is 4.68 Å². The van der Waals surface area contributed by atoms with E-state index in [1.807, 2.05) is 13.1 Å². The van der Waals surface area contributed by atoms with Crippen molar-refractivity contribution in [3.05, 3.63) is 12.1 Å². The molecule has 0 amide bonds. The first kappa shape index (κ1) is 9.82. The molecule has 0 N–H and O–H groups in total. The molecule has 0 saturated carbocycles. The van der Waals surface area contributed by atoms with Crippen LogP contribution in [0, 0.1) is 0 Å². The molecule has 0 saturated heterocycles. The van der Waals surface area contributed by atoms with E-state index >= 15 is 0 Å². The highest BCUT2D eigenvalue weighted by Gasteiger charge is 2.10. The van der Waals surface area contributed by atoms with Gasteiger partial charge in [0.1, 0.15) is 0 Å². The molecule has 80 valence electrons. The van der Waals surface area contributed by atoms with E-state index in [4.69, 9.17) is 4.52 Å². The SMILES string of the molecule is CCCn1cc(-c2noc(CC)n2)nn1. The molecule has 2 aromatic heterocycles. The molecule has 6 heteroatoms. The minimum atomic E-state index is 0.509. The summed E-state index contributed by atoms with van der Waals surface area (Å²) in [6, 6.07) is 0. The lowest BCUT2D eigenvalue weighted by Crippen LogP contribution is -1.96. The van der Waals surface area contributed by atoms with Gasteiger partial charge in [0.15, 0.2) is 5.69 Å². The van der Waals surface area contributed by atoms with Crippen LogP contribution in [0.25, 0.3) is 11.5 Å². The number of hydrogen-bond acceptors (Lipinski definition) is 5. The summed E-state index contributed by atoms with van der Waals surface area (Å²) in [5.41, 5.74) is 0.659. The summed E-state index contributed by atoms with van der Waals surface area (Å²) in [6.45, 7) is 4.90. The van der Waals surface area contributed by atoms with Crippen molar-refractivity contribution in [1.29, 1.82) is 0 Å². The Hall–Kier alpha value is -1.72. The zero-order chi connectivity index (χ0) is 10.7. The van der Waals surface area contributed by atoms with Gasteiger partial charge in [0.25, 0.3) is 0 Å². The Kier molecular flexibility index (Phi) is 2.75. The van der Waals surface area contributed by atoms with Crippen LogP contribution in [-0.2, 0) is 13.0 Å². The number of aryl methyl sites for hydroxylation is 2. The average molecular weight is 207 g/mol. The number of rotatable bonds is 4. The van der Waals surface area contributed by atoms with Gasteiger partial charge in [-0.3, -0.25) is 4.68 Å². The fraction of sp³-hybridized carbons (Fsp3) is 0.556. The summed E-state index contributed by atoms with van der Waals surface area (Å²) < 4.78 is 6.77. The Morgan fingerprint density at radius 2 is 2.27 bits per heavy atom. The fourth-order valence-electron chi connectivity index (χ4n) is 1.24. The Morgan fingerprint density at radius 3 is 2.93 bits per heavy atom. The van der Waals surface area contributed by atoms with Crippen molar-refractivity contribution in [2.24, 2.45) is 0 Å². The lowest BCUT2D eigenvalue weighted by atomic mass is 10.4. The summed E-state index contributed by atoms with van der Waals surface area (Å²) >= 11 is 0. The van der Waals surface area contributed by atoms with Gasteiger partial charge in [0.05, 0.1) is 6.20 Å². The molecule has 6 nitrogen and oxygen atoms in total. The van der Waals surface area contributed by atoms with E-state index in [-0.39, 0.29) is 0 Å². The Morgan fingerprint density at radius 1 is 1.40 bits per heavy atom. The molecular weight excluding hydrogens is 194 g/mol. The molecule has 2 rings (SSSR count). The summed E-state index contributed by atoms with van der Waals surface area (Å²) in [6.07, 6.45) is 3.58. The highest BCUT2D eigenvalue weighted by molar-refractivity contribution is 5.45. The van der Waals surface area contributed by atoms with Crippen molar-refractivity contribution in [3.8, 4) is 11.5 Å². The first-order valence-corrected chi connectivity index (χ1v) is 5.06. The van der Waals surface area contributed by atoms with E-state index in [9.17, 15) is 0 Å². The predicted octanol–water partition coefficient (Wildman–Crippen LogP) is 1.30. The minimum Gasteiger partial charge on any atom is -0.339 e. The normalized spacial score (nSPS) is 10.8. The second-order valence-corrected chi connectivity index (χ2v) is 3.23. The van der Waals surface area contributed by atoms with Gasteiger partial charge in [-0.2, -0.15) is 4.98 Å². The molecule has 0 aliphatic carbocycles. The Bertz CT molecular complexity index is 433. The van der Waals surface area contributed by atoms with Crippen molar-refractivity contribution in [2.75, 3.05) is 0 Å². The van der Waals surface area contributed by atoms with E-state index in [0.717, 1.165) is 19.4 Å². The van der Waals surface area contributed by atoms with Crippen LogP contribution in [0.4, 0.5) is 0 Å². The fourth-order valence-corrected chi connectivity index (χ4v) is 1.24. The van der Waals surface area contributed by atoms with Gasteiger partial charge in [-0.1, -0.05) is 24.2 Å². The quantitative estimate of drug-likeness (QED) is 0.755. The molecule has 0 bridgehead atoms. The second-order valence-electron chi connectivity index (χ2n) is 3.23. The van der Waals surface area contributed by atoms with E-state index in [0.29, 0.717) is 17.4 Å².